The summed E-state index contributed by atoms with van der Waals surface area (Å²) in [5.74, 6) is 0. The molecular weight excluding hydrogens is 224 g/mol. The van der Waals surface area contributed by atoms with Gasteiger partial charge in [-0.15, -0.1) is 0 Å². The van der Waals surface area contributed by atoms with Crippen LogP contribution in [0.1, 0.15) is 61.1 Å². The Morgan fingerprint density at radius 3 is 2.89 bits per heavy atom. The number of nitrogens with two attached hydrogens (primary N) is 1. The van der Waals surface area contributed by atoms with E-state index >= 15 is 0 Å². The standard InChI is InChI=1S/C15H24N2O/c1-10-8-13-14(16)4-3-5-15(13)17(10)11-6-7-12(9-11)18-2/h8,11-12,14H,3-7,9,16H2,1-2H3. The highest BCUT2D eigenvalue weighted by molar-refractivity contribution is 5.33. The molecule has 3 unspecified atom stereocenters. The lowest BCUT2D eigenvalue weighted by Gasteiger charge is -2.24. The van der Waals surface area contributed by atoms with Crippen LogP contribution >= 0.6 is 0 Å². The van der Waals surface area contributed by atoms with Crippen molar-refractivity contribution in [2.24, 2.45) is 5.73 Å². The maximum atomic E-state index is 6.24. The molecule has 0 radical (unpaired) electrons. The first kappa shape index (κ1) is 12.2. The normalized spacial score (nSPS) is 31.6. The van der Waals surface area contributed by atoms with Gasteiger partial charge in [-0.3, -0.25) is 0 Å². The Bertz CT molecular complexity index is 438. The van der Waals surface area contributed by atoms with Crippen molar-refractivity contribution in [3.8, 4) is 0 Å². The maximum absolute atomic E-state index is 6.24. The van der Waals surface area contributed by atoms with E-state index in [0.717, 1.165) is 12.8 Å². The van der Waals surface area contributed by atoms with Crippen LogP contribution in [0.5, 0.6) is 0 Å². The molecule has 3 nitrogen and oxygen atoms in total. The molecule has 1 heterocycles. The lowest BCUT2D eigenvalue weighted by atomic mass is 9.93. The van der Waals surface area contributed by atoms with Crippen LogP contribution in [-0.2, 0) is 11.2 Å². The minimum absolute atomic E-state index is 0.258. The molecule has 0 spiro atoms. The summed E-state index contributed by atoms with van der Waals surface area (Å²) in [4.78, 5) is 0. The van der Waals surface area contributed by atoms with Crippen LogP contribution in [0.15, 0.2) is 6.07 Å². The van der Waals surface area contributed by atoms with E-state index in [0.29, 0.717) is 12.1 Å². The van der Waals surface area contributed by atoms with Gasteiger partial charge in [0, 0.05) is 30.6 Å². The van der Waals surface area contributed by atoms with Gasteiger partial charge in [0.2, 0.25) is 0 Å². The molecule has 0 aliphatic heterocycles. The third kappa shape index (κ3) is 1.90. The van der Waals surface area contributed by atoms with E-state index in [-0.39, 0.29) is 6.04 Å². The van der Waals surface area contributed by atoms with E-state index in [2.05, 4.69) is 17.6 Å². The molecule has 0 amide bonds. The minimum atomic E-state index is 0.258. The van der Waals surface area contributed by atoms with Gasteiger partial charge in [0.25, 0.3) is 0 Å². The monoisotopic (exact) mass is 248 g/mol. The molecule has 3 heteroatoms. The van der Waals surface area contributed by atoms with Gasteiger partial charge in [0.1, 0.15) is 0 Å². The van der Waals surface area contributed by atoms with Gasteiger partial charge in [-0.2, -0.15) is 0 Å². The largest absolute Gasteiger partial charge is 0.381 e. The zero-order chi connectivity index (χ0) is 12.7. The van der Waals surface area contributed by atoms with Gasteiger partial charge in [0.05, 0.1) is 6.10 Å². The van der Waals surface area contributed by atoms with Gasteiger partial charge in [-0.1, -0.05) is 0 Å². The fourth-order valence-corrected chi connectivity index (χ4v) is 3.84. The third-order valence-electron chi connectivity index (χ3n) is 4.75. The highest BCUT2D eigenvalue weighted by Gasteiger charge is 2.30. The molecule has 0 saturated heterocycles. The van der Waals surface area contributed by atoms with Crippen LogP contribution < -0.4 is 5.73 Å². The molecule has 2 aliphatic carbocycles. The predicted molar refractivity (Wildman–Crippen MR) is 72.7 cm³/mol. The number of fused-ring (bicyclic) bond motifs is 1. The molecule has 2 aliphatic rings. The Morgan fingerprint density at radius 2 is 2.17 bits per heavy atom. The predicted octanol–water partition coefficient (Wildman–Crippen LogP) is 2.87. The van der Waals surface area contributed by atoms with Gasteiger partial charge < -0.3 is 15.0 Å². The average molecular weight is 248 g/mol. The summed E-state index contributed by atoms with van der Waals surface area (Å²) in [6.07, 6.45) is 7.62. The molecule has 1 saturated carbocycles. The van der Waals surface area contributed by atoms with E-state index in [1.165, 1.54) is 42.6 Å². The number of hydrogen-bond donors (Lipinski definition) is 1. The summed E-state index contributed by atoms with van der Waals surface area (Å²) in [6, 6.07) is 3.21. The quantitative estimate of drug-likeness (QED) is 0.874. The summed E-state index contributed by atoms with van der Waals surface area (Å²) >= 11 is 0. The Balaban J connectivity index is 1.93. The molecule has 3 rings (SSSR count). The van der Waals surface area contributed by atoms with Crippen molar-refractivity contribution in [1.29, 1.82) is 0 Å². The topological polar surface area (TPSA) is 40.2 Å². The molecular formula is C15H24N2O. The molecule has 18 heavy (non-hydrogen) atoms. The van der Waals surface area contributed by atoms with Crippen LogP contribution in [0.4, 0.5) is 0 Å². The van der Waals surface area contributed by atoms with Crippen LogP contribution in [-0.4, -0.2) is 17.8 Å². The van der Waals surface area contributed by atoms with E-state index in [1.54, 1.807) is 0 Å². The Morgan fingerprint density at radius 1 is 1.33 bits per heavy atom. The molecule has 100 valence electrons. The SMILES string of the molecule is COC1CCC(n2c(C)cc3c2CCCC3N)C1. The molecule has 2 N–H and O–H groups in total. The first-order chi connectivity index (χ1) is 8.70. The molecule has 3 atom stereocenters. The first-order valence-corrected chi connectivity index (χ1v) is 7.19. The molecule has 1 aromatic heterocycles. The summed E-state index contributed by atoms with van der Waals surface area (Å²) in [6.45, 7) is 2.23. The fraction of sp³-hybridized carbons (Fsp3) is 0.733. The van der Waals surface area contributed by atoms with Crippen molar-refractivity contribution in [1.82, 2.24) is 4.57 Å². The van der Waals surface area contributed by atoms with Crippen LogP contribution in [0.3, 0.4) is 0 Å². The minimum Gasteiger partial charge on any atom is -0.381 e. The number of aromatic nitrogens is 1. The fourth-order valence-electron chi connectivity index (χ4n) is 3.84. The zero-order valence-corrected chi connectivity index (χ0v) is 11.5. The maximum Gasteiger partial charge on any atom is 0.0591 e. The van der Waals surface area contributed by atoms with Crippen molar-refractivity contribution in [2.75, 3.05) is 7.11 Å². The Labute approximate surface area is 109 Å². The van der Waals surface area contributed by atoms with E-state index < -0.39 is 0 Å². The first-order valence-electron chi connectivity index (χ1n) is 7.19. The second-order valence-corrected chi connectivity index (χ2v) is 5.88. The number of aryl methyl sites for hydroxylation is 1. The molecule has 1 aromatic rings. The van der Waals surface area contributed by atoms with Crippen molar-refractivity contribution in [2.45, 2.75) is 63.6 Å². The number of methoxy groups -OCH3 is 1. The van der Waals surface area contributed by atoms with Crippen LogP contribution in [0.2, 0.25) is 0 Å². The smallest absolute Gasteiger partial charge is 0.0591 e. The average Bonchev–Trinajstić information content (AvgIpc) is 2.93. The van der Waals surface area contributed by atoms with Gasteiger partial charge in [0.15, 0.2) is 0 Å². The Kier molecular flexibility index (Phi) is 3.20. The number of nitrogens with zero attached hydrogens (tertiary/aromatic N) is 1. The van der Waals surface area contributed by atoms with Crippen molar-refractivity contribution in [3.05, 3.63) is 23.0 Å². The zero-order valence-electron chi connectivity index (χ0n) is 11.5. The number of ether oxygens (including phenoxy) is 1. The van der Waals surface area contributed by atoms with Gasteiger partial charge >= 0.3 is 0 Å². The highest BCUT2D eigenvalue weighted by atomic mass is 16.5. The second kappa shape index (κ2) is 4.71. The lowest BCUT2D eigenvalue weighted by Crippen LogP contribution is -2.20. The van der Waals surface area contributed by atoms with Crippen molar-refractivity contribution in [3.63, 3.8) is 0 Å². The Hall–Kier alpha value is -0.800. The van der Waals surface area contributed by atoms with Crippen LogP contribution in [0.25, 0.3) is 0 Å². The van der Waals surface area contributed by atoms with Gasteiger partial charge in [-0.25, -0.2) is 0 Å². The summed E-state index contributed by atoms with van der Waals surface area (Å²) in [5.41, 5.74) is 10.5. The highest BCUT2D eigenvalue weighted by Crippen LogP contribution is 2.38. The second-order valence-electron chi connectivity index (χ2n) is 5.88. The van der Waals surface area contributed by atoms with E-state index in [1.807, 2.05) is 7.11 Å². The molecule has 0 aromatic carbocycles. The lowest BCUT2D eigenvalue weighted by molar-refractivity contribution is 0.105. The van der Waals surface area contributed by atoms with Gasteiger partial charge in [-0.05, 0) is 57.1 Å². The molecule has 0 bridgehead atoms. The van der Waals surface area contributed by atoms with Crippen LogP contribution in [0, 0.1) is 6.92 Å². The molecule has 1 fully saturated rings. The van der Waals surface area contributed by atoms with E-state index in [4.69, 9.17) is 10.5 Å². The summed E-state index contributed by atoms with van der Waals surface area (Å²) < 4.78 is 8.07. The van der Waals surface area contributed by atoms with Crippen molar-refractivity contribution < 1.29 is 4.74 Å². The summed E-state index contributed by atoms with van der Waals surface area (Å²) in [7, 11) is 1.83. The van der Waals surface area contributed by atoms with Crippen molar-refractivity contribution >= 4 is 0 Å². The third-order valence-corrected chi connectivity index (χ3v) is 4.75. The number of hydrogen-bond acceptors (Lipinski definition) is 2. The van der Waals surface area contributed by atoms with E-state index in [9.17, 15) is 0 Å². The number of rotatable bonds is 2. The summed E-state index contributed by atoms with van der Waals surface area (Å²) in [5, 5.41) is 0.